The highest BCUT2D eigenvalue weighted by Gasteiger charge is 2.11. The zero-order valence-electron chi connectivity index (χ0n) is 10.5. The normalized spacial score (nSPS) is 11.1. The average molecular weight is 249 g/mol. The number of benzene rings is 1. The molecule has 0 aliphatic carbocycles. The minimum atomic E-state index is -0.453. The highest BCUT2D eigenvalue weighted by atomic mass is 19.1. The van der Waals surface area contributed by atoms with Crippen molar-refractivity contribution in [2.24, 2.45) is 5.92 Å². The summed E-state index contributed by atoms with van der Waals surface area (Å²) < 4.78 is 15.1. The zero-order valence-corrected chi connectivity index (χ0v) is 10.5. The van der Waals surface area contributed by atoms with E-state index < -0.39 is 5.82 Å². The molecule has 0 aliphatic heterocycles. The van der Waals surface area contributed by atoms with Gasteiger partial charge in [-0.2, -0.15) is 0 Å². The van der Waals surface area contributed by atoms with E-state index in [9.17, 15) is 4.39 Å². The summed E-state index contributed by atoms with van der Waals surface area (Å²) in [6.45, 7) is 4.98. The largest absolute Gasteiger partial charge is 0.396 e. The third-order valence-electron chi connectivity index (χ3n) is 2.71. The van der Waals surface area contributed by atoms with E-state index in [-0.39, 0.29) is 5.69 Å². The number of nitrogens with two attached hydrogens (primary N) is 1. The van der Waals surface area contributed by atoms with Crippen LogP contribution < -0.4 is 5.73 Å². The number of rotatable bonds is 4. The molecular weight excluding hydrogens is 233 g/mol. The standard InChI is InChI=1S/C12H16FN5/c1-8(2)5-6-18-12(15-16-17-18)9-3-4-11(14)10(13)7-9/h3-4,7-8H,5-6,14H2,1-2H3. The highest BCUT2D eigenvalue weighted by molar-refractivity contribution is 5.58. The molecule has 0 atom stereocenters. The lowest BCUT2D eigenvalue weighted by Gasteiger charge is -2.07. The lowest BCUT2D eigenvalue weighted by molar-refractivity contribution is 0.481. The van der Waals surface area contributed by atoms with Crippen LogP contribution in [0.15, 0.2) is 18.2 Å². The zero-order chi connectivity index (χ0) is 13.1. The number of aromatic nitrogens is 4. The molecule has 96 valence electrons. The number of aryl methyl sites for hydroxylation is 1. The fourth-order valence-electron chi connectivity index (χ4n) is 1.61. The van der Waals surface area contributed by atoms with Crippen molar-refractivity contribution in [3.63, 3.8) is 0 Å². The maximum atomic E-state index is 13.4. The van der Waals surface area contributed by atoms with E-state index in [1.54, 1.807) is 10.7 Å². The SMILES string of the molecule is CC(C)CCn1nnnc1-c1ccc(N)c(F)c1. The van der Waals surface area contributed by atoms with Crippen LogP contribution in [0.1, 0.15) is 20.3 Å². The van der Waals surface area contributed by atoms with Crippen LogP contribution in [0, 0.1) is 11.7 Å². The van der Waals surface area contributed by atoms with Gasteiger partial charge in [0.15, 0.2) is 5.82 Å². The van der Waals surface area contributed by atoms with Gasteiger partial charge in [0, 0.05) is 12.1 Å². The first-order valence-electron chi connectivity index (χ1n) is 5.89. The molecule has 0 radical (unpaired) electrons. The van der Waals surface area contributed by atoms with Gasteiger partial charge in [0.1, 0.15) is 5.82 Å². The molecule has 1 heterocycles. The molecule has 0 unspecified atom stereocenters. The van der Waals surface area contributed by atoms with Gasteiger partial charge in [-0.05, 0) is 41.0 Å². The summed E-state index contributed by atoms with van der Waals surface area (Å²) in [5.74, 6) is 0.672. The van der Waals surface area contributed by atoms with E-state index in [1.165, 1.54) is 12.1 Å². The topological polar surface area (TPSA) is 69.6 Å². The molecule has 2 N–H and O–H groups in total. The van der Waals surface area contributed by atoms with Crippen LogP contribution in [-0.2, 0) is 6.54 Å². The highest BCUT2D eigenvalue weighted by Crippen LogP contribution is 2.20. The van der Waals surface area contributed by atoms with Crippen LogP contribution in [0.3, 0.4) is 0 Å². The fraction of sp³-hybridized carbons (Fsp3) is 0.417. The van der Waals surface area contributed by atoms with Gasteiger partial charge in [-0.25, -0.2) is 9.07 Å². The summed E-state index contributed by atoms with van der Waals surface area (Å²) in [6.07, 6.45) is 0.968. The van der Waals surface area contributed by atoms with E-state index in [1.807, 2.05) is 0 Å². The summed E-state index contributed by atoms with van der Waals surface area (Å²) in [5, 5.41) is 11.5. The molecular formula is C12H16FN5. The van der Waals surface area contributed by atoms with Gasteiger partial charge in [0.25, 0.3) is 0 Å². The van der Waals surface area contributed by atoms with E-state index >= 15 is 0 Å². The van der Waals surface area contributed by atoms with Crippen LogP contribution in [0.4, 0.5) is 10.1 Å². The van der Waals surface area contributed by atoms with E-state index in [0.717, 1.165) is 6.42 Å². The van der Waals surface area contributed by atoms with E-state index in [4.69, 9.17) is 5.73 Å². The Morgan fingerprint density at radius 2 is 2.17 bits per heavy atom. The van der Waals surface area contributed by atoms with Crippen molar-refractivity contribution >= 4 is 5.69 Å². The second kappa shape index (κ2) is 5.12. The monoisotopic (exact) mass is 249 g/mol. The molecule has 2 aromatic rings. The van der Waals surface area contributed by atoms with Crippen molar-refractivity contribution in [2.75, 3.05) is 5.73 Å². The molecule has 5 nitrogen and oxygen atoms in total. The second-order valence-corrected chi connectivity index (χ2v) is 4.64. The lowest BCUT2D eigenvalue weighted by atomic mass is 10.1. The molecule has 0 aliphatic rings. The maximum absolute atomic E-state index is 13.4. The molecule has 0 saturated heterocycles. The Morgan fingerprint density at radius 1 is 1.39 bits per heavy atom. The number of hydrogen-bond acceptors (Lipinski definition) is 4. The molecule has 1 aromatic carbocycles. The van der Waals surface area contributed by atoms with Crippen LogP contribution in [-0.4, -0.2) is 20.2 Å². The van der Waals surface area contributed by atoms with E-state index in [0.29, 0.717) is 23.9 Å². The van der Waals surface area contributed by atoms with Gasteiger partial charge >= 0.3 is 0 Å². The van der Waals surface area contributed by atoms with Gasteiger partial charge in [-0.15, -0.1) is 5.10 Å². The summed E-state index contributed by atoms with van der Waals surface area (Å²) in [6, 6.07) is 4.59. The third-order valence-corrected chi connectivity index (χ3v) is 2.71. The van der Waals surface area contributed by atoms with Crippen LogP contribution in [0.2, 0.25) is 0 Å². The first kappa shape index (κ1) is 12.5. The fourth-order valence-corrected chi connectivity index (χ4v) is 1.61. The molecule has 0 bridgehead atoms. The van der Waals surface area contributed by atoms with Crippen molar-refractivity contribution in [1.29, 1.82) is 0 Å². The quantitative estimate of drug-likeness (QED) is 0.842. The van der Waals surface area contributed by atoms with Crippen LogP contribution in [0.5, 0.6) is 0 Å². The lowest BCUT2D eigenvalue weighted by Crippen LogP contribution is -2.06. The number of halogens is 1. The minimum absolute atomic E-state index is 0.125. The average Bonchev–Trinajstić information content (AvgIpc) is 2.78. The Hall–Kier alpha value is -1.98. The molecule has 0 amide bonds. The Morgan fingerprint density at radius 3 is 2.83 bits per heavy atom. The molecule has 2 rings (SSSR count). The molecule has 6 heteroatoms. The van der Waals surface area contributed by atoms with Crippen molar-refractivity contribution in [3.05, 3.63) is 24.0 Å². The van der Waals surface area contributed by atoms with Gasteiger partial charge in [-0.3, -0.25) is 0 Å². The number of hydrogen-bond donors (Lipinski definition) is 1. The molecule has 0 fully saturated rings. The molecule has 18 heavy (non-hydrogen) atoms. The van der Waals surface area contributed by atoms with Gasteiger partial charge < -0.3 is 5.73 Å². The van der Waals surface area contributed by atoms with Gasteiger partial charge in [-0.1, -0.05) is 13.8 Å². The van der Waals surface area contributed by atoms with Crippen LogP contribution in [0.25, 0.3) is 11.4 Å². The Bertz CT molecular complexity index is 535. The van der Waals surface area contributed by atoms with Crippen molar-refractivity contribution in [2.45, 2.75) is 26.8 Å². The summed E-state index contributed by atoms with van der Waals surface area (Å²) >= 11 is 0. The number of anilines is 1. The number of tetrazole rings is 1. The second-order valence-electron chi connectivity index (χ2n) is 4.64. The minimum Gasteiger partial charge on any atom is -0.396 e. The predicted octanol–water partition coefficient (Wildman–Crippen LogP) is 2.11. The Kier molecular flexibility index (Phi) is 3.55. The maximum Gasteiger partial charge on any atom is 0.182 e. The number of nitrogen functional groups attached to an aromatic ring is 1. The van der Waals surface area contributed by atoms with E-state index in [2.05, 4.69) is 29.4 Å². The smallest absolute Gasteiger partial charge is 0.182 e. The molecule has 0 saturated carbocycles. The third kappa shape index (κ3) is 2.64. The first-order chi connectivity index (χ1) is 8.58. The van der Waals surface area contributed by atoms with Crippen molar-refractivity contribution in [1.82, 2.24) is 20.2 Å². The predicted molar refractivity (Wildman–Crippen MR) is 67.1 cm³/mol. The van der Waals surface area contributed by atoms with Crippen molar-refractivity contribution < 1.29 is 4.39 Å². The summed E-state index contributed by atoms with van der Waals surface area (Å²) in [4.78, 5) is 0. The Labute approximate surface area is 105 Å². The number of nitrogens with zero attached hydrogens (tertiary/aromatic N) is 4. The summed E-state index contributed by atoms with van der Waals surface area (Å²) in [5.41, 5.74) is 6.20. The van der Waals surface area contributed by atoms with Crippen molar-refractivity contribution in [3.8, 4) is 11.4 Å². The van der Waals surface area contributed by atoms with Gasteiger partial charge in [0.2, 0.25) is 0 Å². The van der Waals surface area contributed by atoms with Gasteiger partial charge in [0.05, 0.1) is 5.69 Å². The Balaban J connectivity index is 2.27. The first-order valence-corrected chi connectivity index (χ1v) is 5.89. The van der Waals surface area contributed by atoms with Crippen LogP contribution >= 0.6 is 0 Å². The molecule has 0 spiro atoms. The molecule has 1 aromatic heterocycles. The summed E-state index contributed by atoms with van der Waals surface area (Å²) in [7, 11) is 0.